The summed E-state index contributed by atoms with van der Waals surface area (Å²) in [4.78, 5) is 11.3. The van der Waals surface area contributed by atoms with E-state index in [1.807, 2.05) is 30.3 Å². The van der Waals surface area contributed by atoms with Crippen LogP contribution in [0.4, 0.5) is 0 Å². The normalized spacial score (nSPS) is 14.3. The first-order valence-corrected chi connectivity index (χ1v) is 9.19. The molecule has 26 heavy (non-hydrogen) atoms. The van der Waals surface area contributed by atoms with E-state index < -0.39 is 5.91 Å². The first kappa shape index (κ1) is 18.3. The van der Waals surface area contributed by atoms with Crippen molar-refractivity contribution in [3.05, 3.63) is 59.7 Å². The minimum atomic E-state index is -0.439. The van der Waals surface area contributed by atoms with Crippen LogP contribution in [0.2, 0.25) is 0 Å². The fourth-order valence-corrected chi connectivity index (χ4v) is 3.22. The molecule has 1 aliphatic rings. The van der Waals surface area contributed by atoms with Gasteiger partial charge in [0.05, 0.1) is 0 Å². The highest BCUT2D eigenvalue weighted by atomic mass is 16.5. The third-order valence-corrected chi connectivity index (χ3v) is 4.60. The number of carbonyl (C=O) groups is 1. The van der Waals surface area contributed by atoms with Gasteiger partial charge in [-0.3, -0.25) is 4.79 Å². The molecule has 2 aromatic carbocycles. The van der Waals surface area contributed by atoms with Gasteiger partial charge in [-0.15, -0.1) is 0 Å². The summed E-state index contributed by atoms with van der Waals surface area (Å²) in [6.45, 7) is 1.79. The Bertz CT molecular complexity index is 727. The fourth-order valence-electron chi connectivity index (χ4n) is 3.22. The topological polar surface area (TPSA) is 73.6 Å². The van der Waals surface area contributed by atoms with Gasteiger partial charge in [-0.25, -0.2) is 0 Å². The highest BCUT2D eigenvalue weighted by molar-refractivity contribution is 5.92. The van der Waals surface area contributed by atoms with Gasteiger partial charge in [-0.05, 0) is 42.7 Å². The zero-order valence-corrected chi connectivity index (χ0v) is 14.9. The Hall–Kier alpha value is -2.53. The molecule has 0 bridgehead atoms. The molecule has 5 heteroatoms. The monoisotopic (exact) mass is 354 g/mol. The largest absolute Gasteiger partial charge is 0.488 e. The number of carbonyl (C=O) groups excluding carboxylic acids is 1. The first-order chi connectivity index (χ1) is 12.7. The van der Waals surface area contributed by atoms with Crippen molar-refractivity contribution in [2.24, 2.45) is 5.73 Å². The molecule has 1 aliphatic carbocycles. The summed E-state index contributed by atoms with van der Waals surface area (Å²) < 4.78 is 11.8. The Morgan fingerprint density at radius 2 is 1.77 bits per heavy atom. The summed E-state index contributed by atoms with van der Waals surface area (Å²) in [5, 5.41) is 3.54. The van der Waals surface area contributed by atoms with Gasteiger partial charge >= 0.3 is 0 Å². The molecule has 0 heterocycles. The Labute approximate surface area is 154 Å². The molecule has 0 spiro atoms. The van der Waals surface area contributed by atoms with Crippen molar-refractivity contribution in [1.29, 1.82) is 0 Å². The Kier molecular flexibility index (Phi) is 6.50. The molecule has 2 aromatic rings. The molecular weight excluding hydrogens is 328 g/mol. The number of nitrogens with two attached hydrogens (primary N) is 1. The molecular formula is C21H26N2O3. The molecule has 1 fully saturated rings. The van der Waals surface area contributed by atoms with Gasteiger partial charge < -0.3 is 20.5 Å². The molecule has 0 atom stereocenters. The lowest BCUT2D eigenvalue weighted by Crippen LogP contribution is -2.30. The zero-order chi connectivity index (χ0) is 18.2. The standard InChI is InChI=1S/C21H26N2O3/c22-21(24)17-7-5-6-16(14-17)15-26-20-11-4-3-10-19(20)25-13-12-23-18-8-1-2-9-18/h3-7,10-11,14,18,23H,1-2,8-9,12-13,15H2,(H2,22,24). The fraction of sp³-hybridized carbons (Fsp3) is 0.381. The van der Waals surface area contributed by atoms with E-state index in [1.54, 1.807) is 18.2 Å². The van der Waals surface area contributed by atoms with E-state index >= 15 is 0 Å². The lowest BCUT2D eigenvalue weighted by atomic mass is 10.1. The second-order valence-electron chi connectivity index (χ2n) is 6.58. The predicted octanol–water partition coefficient (Wildman–Crippen LogP) is 3.28. The maximum absolute atomic E-state index is 11.3. The van der Waals surface area contributed by atoms with Crippen LogP contribution >= 0.6 is 0 Å². The Morgan fingerprint density at radius 3 is 2.50 bits per heavy atom. The molecule has 1 saturated carbocycles. The smallest absolute Gasteiger partial charge is 0.248 e. The van der Waals surface area contributed by atoms with Crippen molar-refractivity contribution in [3.8, 4) is 11.5 Å². The summed E-state index contributed by atoms with van der Waals surface area (Å²) >= 11 is 0. The van der Waals surface area contributed by atoms with Crippen molar-refractivity contribution in [3.63, 3.8) is 0 Å². The van der Waals surface area contributed by atoms with Gasteiger partial charge in [-0.2, -0.15) is 0 Å². The van der Waals surface area contributed by atoms with E-state index in [4.69, 9.17) is 15.2 Å². The number of hydrogen-bond acceptors (Lipinski definition) is 4. The van der Waals surface area contributed by atoms with Crippen molar-refractivity contribution < 1.29 is 14.3 Å². The Morgan fingerprint density at radius 1 is 1.04 bits per heavy atom. The average molecular weight is 354 g/mol. The van der Waals surface area contributed by atoms with E-state index in [2.05, 4.69) is 5.32 Å². The Balaban J connectivity index is 1.51. The second-order valence-corrected chi connectivity index (χ2v) is 6.58. The van der Waals surface area contributed by atoms with Gasteiger partial charge in [0.1, 0.15) is 13.2 Å². The number of benzene rings is 2. The van der Waals surface area contributed by atoms with Crippen molar-refractivity contribution in [2.45, 2.75) is 38.3 Å². The number of nitrogens with one attached hydrogen (secondary N) is 1. The van der Waals surface area contributed by atoms with Crippen LogP contribution in [0.15, 0.2) is 48.5 Å². The molecule has 0 aliphatic heterocycles. The van der Waals surface area contributed by atoms with Crippen LogP contribution in [0.1, 0.15) is 41.6 Å². The van der Waals surface area contributed by atoms with E-state index in [9.17, 15) is 4.79 Å². The van der Waals surface area contributed by atoms with Gasteiger partial charge in [0.2, 0.25) is 5.91 Å². The second kappa shape index (κ2) is 9.25. The van der Waals surface area contributed by atoms with E-state index in [0.717, 1.165) is 17.9 Å². The zero-order valence-electron chi connectivity index (χ0n) is 14.9. The average Bonchev–Trinajstić information content (AvgIpc) is 3.18. The number of primary amides is 1. The third kappa shape index (κ3) is 5.23. The molecule has 0 aromatic heterocycles. The molecule has 0 unspecified atom stereocenters. The van der Waals surface area contributed by atoms with Crippen molar-refractivity contribution in [1.82, 2.24) is 5.32 Å². The van der Waals surface area contributed by atoms with Crippen LogP contribution in [0, 0.1) is 0 Å². The van der Waals surface area contributed by atoms with Crippen LogP contribution in [0.3, 0.4) is 0 Å². The van der Waals surface area contributed by atoms with Crippen LogP contribution in [-0.4, -0.2) is 25.1 Å². The van der Waals surface area contributed by atoms with Crippen molar-refractivity contribution in [2.75, 3.05) is 13.2 Å². The van der Waals surface area contributed by atoms with Gasteiger partial charge in [0, 0.05) is 18.2 Å². The minimum Gasteiger partial charge on any atom is -0.488 e. The van der Waals surface area contributed by atoms with Crippen LogP contribution in [0.25, 0.3) is 0 Å². The van der Waals surface area contributed by atoms with Crippen LogP contribution in [-0.2, 0) is 6.61 Å². The minimum absolute atomic E-state index is 0.349. The van der Waals surface area contributed by atoms with Gasteiger partial charge in [-0.1, -0.05) is 37.1 Å². The SMILES string of the molecule is NC(=O)c1cccc(COc2ccccc2OCCNC2CCCC2)c1. The maximum atomic E-state index is 11.3. The van der Waals surface area contributed by atoms with E-state index in [-0.39, 0.29) is 0 Å². The predicted molar refractivity (Wildman–Crippen MR) is 101 cm³/mol. The number of rotatable bonds is 9. The molecule has 3 rings (SSSR count). The molecule has 1 amide bonds. The quantitative estimate of drug-likeness (QED) is 0.678. The lowest BCUT2D eigenvalue weighted by molar-refractivity contribution is 0.1000. The molecule has 3 N–H and O–H groups in total. The maximum Gasteiger partial charge on any atom is 0.248 e. The summed E-state index contributed by atoms with van der Waals surface area (Å²) in [5.41, 5.74) is 6.69. The molecule has 0 radical (unpaired) electrons. The van der Waals surface area contributed by atoms with Crippen LogP contribution < -0.4 is 20.5 Å². The highest BCUT2D eigenvalue weighted by Crippen LogP contribution is 2.27. The first-order valence-electron chi connectivity index (χ1n) is 9.19. The van der Waals surface area contributed by atoms with E-state index in [1.165, 1.54) is 25.7 Å². The van der Waals surface area contributed by atoms with Gasteiger partial charge in [0.25, 0.3) is 0 Å². The van der Waals surface area contributed by atoms with E-state index in [0.29, 0.717) is 30.6 Å². The number of ether oxygens (including phenoxy) is 2. The number of hydrogen-bond donors (Lipinski definition) is 2. The molecule has 138 valence electrons. The summed E-state index contributed by atoms with van der Waals surface area (Å²) in [6.07, 6.45) is 5.19. The summed E-state index contributed by atoms with van der Waals surface area (Å²) in [5.74, 6) is 0.981. The van der Waals surface area contributed by atoms with Crippen molar-refractivity contribution >= 4 is 5.91 Å². The third-order valence-electron chi connectivity index (χ3n) is 4.60. The summed E-state index contributed by atoms with van der Waals surface area (Å²) in [6, 6.07) is 15.4. The van der Waals surface area contributed by atoms with Gasteiger partial charge in [0.15, 0.2) is 11.5 Å². The van der Waals surface area contributed by atoms with Crippen LogP contribution in [0.5, 0.6) is 11.5 Å². The number of amides is 1. The summed E-state index contributed by atoms with van der Waals surface area (Å²) in [7, 11) is 0. The number of para-hydroxylation sites is 2. The molecule has 5 nitrogen and oxygen atoms in total. The molecule has 0 saturated heterocycles. The highest BCUT2D eigenvalue weighted by Gasteiger charge is 2.13. The lowest BCUT2D eigenvalue weighted by Gasteiger charge is -2.15.